The molecule has 0 spiro atoms. The predicted molar refractivity (Wildman–Crippen MR) is 62.7 cm³/mol. The molecule has 80 valence electrons. The summed E-state index contributed by atoms with van der Waals surface area (Å²) in [6.07, 6.45) is 4.20. The number of benzene rings is 1. The third kappa shape index (κ3) is 1.41. The second kappa shape index (κ2) is 3.34. The standard InChI is InChI=1S/C14H19N/c1-14(13-5-3-2-4-6-13)11-12-7-9-15(14)10-8-12/h2-6,12H,7-11H2,1H3. The van der Waals surface area contributed by atoms with Gasteiger partial charge in [0.15, 0.2) is 0 Å². The van der Waals surface area contributed by atoms with Gasteiger partial charge in [-0.15, -0.1) is 0 Å². The van der Waals surface area contributed by atoms with Crippen molar-refractivity contribution in [2.75, 3.05) is 13.1 Å². The Morgan fingerprint density at radius 3 is 2.33 bits per heavy atom. The van der Waals surface area contributed by atoms with Gasteiger partial charge in [0.2, 0.25) is 0 Å². The van der Waals surface area contributed by atoms with Gasteiger partial charge in [-0.25, -0.2) is 0 Å². The maximum absolute atomic E-state index is 2.68. The van der Waals surface area contributed by atoms with Crippen molar-refractivity contribution >= 4 is 0 Å². The highest BCUT2D eigenvalue weighted by Gasteiger charge is 2.43. The Hall–Kier alpha value is -0.820. The van der Waals surface area contributed by atoms with Crippen LogP contribution in [0.2, 0.25) is 0 Å². The lowest BCUT2D eigenvalue weighted by Gasteiger charge is -2.53. The predicted octanol–water partition coefficient (Wildman–Crippen LogP) is 3.02. The molecule has 3 saturated heterocycles. The van der Waals surface area contributed by atoms with Crippen molar-refractivity contribution in [2.45, 2.75) is 31.7 Å². The van der Waals surface area contributed by atoms with E-state index in [0.717, 1.165) is 5.92 Å². The van der Waals surface area contributed by atoms with Crippen LogP contribution in [0.4, 0.5) is 0 Å². The van der Waals surface area contributed by atoms with Gasteiger partial charge in [-0.1, -0.05) is 30.3 Å². The van der Waals surface area contributed by atoms with Crippen molar-refractivity contribution in [1.82, 2.24) is 4.90 Å². The highest BCUT2D eigenvalue weighted by Crippen LogP contribution is 2.44. The molecule has 2 bridgehead atoms. The molecule has 3 aliphatic heterocycles. The topological polar surface area (TPSA) is 3.24 Å². The number of rotatable bonds is 1. The van der Waals surface area contributed by atoms with Crippen molar-refractivity contribution in [2.24, 2.45) is 5.92 Å². The molecule has 15 heavy (non-hydrogen) atoms. The lowest BCUT2D eigenvalue weighted by molar-refractivity contribution is -0.0214. The third-order valence-electron chi connectivity index (χ3n) is 4.39. The van der Waals surface area contributed by atoms with Gasteiger partial charge in [-0.05, 0) is 50.8 Å². The minimum absolute atomic E-state index is 0.322. The van der Waals surface area contributed by atoms with Gasteiger partial charge in [-0.2, -0.15) is 0 Å². The summed E-state index contributed by atoms with van der Waals surface area (Å²) in [6, 6.07) is 11.0. The molecule has 3 aliphatic rings. The van der Waals surface area contributed by atoms with Crippen LogP contribution < -0.4 is 0 Å². The summed E-state index contributed by atoms with van der Waals surface area (Å²) in [5.41, 5.74) is 1.83. The zero-order chi connectivity index (χ0) is 10.3. The second-order valence-electron chi connectivity index (χ2n) is 5.27. The first-order valence-corrected chi connectivity index (χ1v) is 6.10. The minimum Gasteiger partial charge on any atom is -0.294 e. The van der Waals surface area contributed by atoms with E-state index in [0.29, 0.717) is 5.54 Å². The van der Waals surface area contributed by atoms with Gasteiger partial charge >= 0.3 is 0 Å². The molecular formula is C14H19N. The van der Waals surface area contributed by atoms with Crippen LogP contribution >= 0.6 is 0 Å². The van der Waals surface area contributed by atoms with Crippen LogP contribution in [0, 0.1) is 5.92 Å². The van der Waals surface area contributed by atoms with Crippen molar-refractivity contribution in [3.05, 3.63) is 35.9 Å². The Kier molecular flexibility index (Phi) is 2.10. The number of hydrogen-bond donors (Lipinski definition) is 0. The van der Waals surface area contributed by atoms with E-state index in [-0.39, 0.29) is 0 Å². The molecular weight excluding hydrogens is 182 g/mol. The maximum Gasteiger partial charge on any atom is 0.0435 e. The summed E-state index contributed by atoms with van der Waals surface area (Å²) in [4.78, 5) is 2.68. The van der Waals surface area contributed by atoms with Crippen molar-refractivity contribution in [3.63, 3.8) is 0 Å². The molecule has 0 amide bonds. The Bertz CT molecular complexity index is 338. The first-order chi connectivity index (χ1) is 7.29. The number of nitrogens with zero attached hydrogens (tertiary/aromatic N) is 1. The Labute approximate surface area is 92.1 Å². The lowest BCUT2D eigenvalue weighted by atomic mass is 9.72. The van der Waals surface area contributed by atoms with Gasteiger partial charge in [0.1, 0.15) is 0 Å². The lowest BCUT2D eigenvalue weighted by Crippen LogP contribution is -2.54. The molecule has 1 unspecified atom stereocenters. The van der Waals surface area contributed by atoms with Crippen LogP contribution in [0.5, 0.6) is 0 Å². The molecule has 0 saturated carbocycles. The number of hydrogen-bond acceptors (Lipinski definition) is 1. The Morgan fingerprint density at radius 2 is 1.80 bits per heavy atom. The fourth-order valence-electron chi connectivity index (χ4n) is 3.42. The quantitative estimate of drug-likeness (QED) is 0.675. The van der Waals surface area contributed by atoms with Gasteiger partial charge in [-0.3, -0.25) is 4.90 Å². The van der Waals surface area contributed by atoms with E-state index >= 15 is 0 Å². The Balaban J connectivity index is 1.97. The van der Waals surface area contributed by atoms with Crippen LogP contribution in [0.15, 0.2) is 30.3 Å². The van der Waals surface area contributed by atoms with Crippen molar-refractivity contribution in [3.8, 4) is 0 Å². The van der Waals surface area contributed by atoms with E-state index in [9.17, 15) is 0 Å². The SMILES string of the molecule is CC1(c2ccccc2)CC2CCN1CC2. The molecule has 3 heterocycles. The van der Waals surface area contributed by atoms with Gasteiger partial charge in [0, 0.05) is 5.54 Å². The molecule has 1 aromatic rings. The van der Waals surface area contributed by atoms with Crippen LogP contribution in [-0.2, 0) is 5.54 Å². The summed E-state index contributed by atoms with van der Waals surface area (Å²) in [5.74, 6) is 0.972. The van der Waals surface area contributed by atoms with E-state index in [4.69, 9.17) is 0 Å². The molecule has 1 atom stereocenters. The van der Waals surface area contributed by atoms with E-state index in [1.165, 1.54) is 37.9 Å². The average Bonchev–Trinajstić information content (AvgIpc) is 2.31. The van der Waals surface area contributed by atoms with Crippen molar-refractivity contribution < 1.29 is 0 Å². The van der Waals surface area contributed by atoms with Crippen LogP contribution in [-0.4, -0.2) is 18.0 Å². The summed E-state index contributed by atoms with van der Waals surface area (Å²) in [6.45, 7) is 5.03. The van der Waals surface area contributed by atoms with Gasteiger partial charge < -0.3 is 0 Å². The molecule has 1 nitrogen and oxygen atoms in total. The molecule has 1 aromatic carbocycles. The Morgan fingerprint density at radius 1 is 1.13 bits per heavy atom. The van der Waals surface area contributed by atoms with Gasteiger partial charge in [0.05, 0.1) is 0 Å². The van der Waals surface area contributed by atoms with E-state index in [1.807, 2.05) is 0 Å². The molecule has 3 fully saturated rings. The van der Waals surface area contributed by atoms with E-state index < -0.39 is 0 Å². The summed E-state index contributed by atoms with van der Waals surface area (Å²) >= 11 is 0. The van der Waals surface area contributed by atoms with Crippen LogP contribution in [0.1, 0.15) is 31.7 Å². The summed E-state index contributed by atoms with van der Waals surface area (Å²) in [5, 5.41) is 0. The fourth-order valence-corrected chi connectivity index (χ4v) is 3.42. The summed E-state index contributed by atoms with van der Waals surface area (Å²) < 4.78 is 0. The minimum atomic E-state index is 0.322. The zero-order valence-corrected chi connectivity index (χ0v) is 9.45. The number of piperidine rings is 3. The fraction of sp³-hybridized carbons (Fsp3) is 0.571. The molecule has 0 radical (unpaired) electrons. The average molecular weight is 201 g/mol. The molecule has 0 N–H and O–H groups in total. The van der Waals surface area contributed by atoms with Crippen LogP contribution in [0.25, 0.3) is 0 Å². The van der Waals surface area contributed by atoms with E-state index in [1.54, 1.807) is 0 Å². The second-order valence-corrected chi connectivity index (χ2v) is 5.27. The highest BCUT2D eigenvalue weighted by atomic mass is 15.2. The van der Waals surface area contributed by atoms with Gasteiger partial charge in [0.25, 0.3) is 0 Å². The summed E-state index contributed by atoms with van der Waals surface area (Å²) in [7, 11) is 0. The van der Waals surface area contributed by atoms with E-state index in [2.05, 4.69) is 42.2 Å². The maximum atomic E-state index is 2.68. The zero-order valence-electron chi connectivity index (χ0n) is 9.45. The normalized spacial score (nSPS) is 39.3. The highest BCUT2D eigenvalue weighted by molar-refractivity contribution is 5.25. The third-order valence-corrected chi connectivity index (χ3v) is 4.39. The monoisotopic (exact) mass is 201 g/mol. The van der Waals surface area contributed by atoms with Crippen molar-refractivity contribution in [1.29, 1.82) is 0 Å². The first kappa shape index (κ1) is 9.41. The molecule has 0 aliphatic carbocycles. The molecule has 1 heteroatoms. The molecule has 0 aromatic heterocycles. The first-order valence-electron chi connectivity index (χ1n) is 6.10. The smallest absolute Gasteiger partial charge is 0.0435 e. The largest absolute Gasteiger partial charge is 0.294 e. The number of fused-ring (bicyclic) bond motifs is 3. The van der Waals surface area contributed by atoms with Crippen LogP contribution in [0.3, 0.4) is 0 Å². The molecule has 4 rings (SSSR count).